The van der Waals surface area contributed by atoms with Crippen LogP contribution in [0.2, 0.25) is 0 Å². The fourth-order valence-electron chi connectivity index (χ4n) is 3.67. The smallest absolute Gasteiger partial charge is 0.119 e. The number of hydrogen-bond acceptors (Lipinski definition) is 4. The quantitative estimate of drug-likeness (QED) is 0.717. The van der Waals surface area contributed by atoms with Gasteiger partial charge in [-0.1, -0.05) is 54.1 Å². The molecule has 0 bridgehead atoms. The lowest BCUT2D eigenvalue weighted by molar-refractivity contribution is -0.224. The van der Waals surface area contributed by atoms with Crippen molar-refractivity contribution in [2.24, 2.45) is 0 Å². The first kappa shape index (κ1) is 19.2. The summed E-state index contributed by atoms with van der Waals surface area (Å²) in [6.45, 7) is 4.13. The van der Waals surface area contributed by atoms with Gasteiger partial charge in [-0.15, -0.1) is 0 Å². The maximum atomic E-state index is 6.07. The van der Waals surface area contributed by atoms with Gasteiger partial charge in [-0.2, -0.15) is 5.06 Å². The van der Waals surface area contributed by atoms with Crippen molar-refractivity contribution in [2.45, 2.75) is 38.4 Å². The predicted molar refractivity (Wildman–Crippen MR) is 111 cm³/mol. The van der Waals surface area contributed by atoms with E-state index in [1.54, 1.807) is 0 Å². The van der Waals surface area contributed by atoms with Crippen LogP contribution in [0, 0.1) is 0 Å². The van der Waals surface area contributed by atoms with E-state index in [0.717, 1.165) is 57.7 Å². The fourth-order valence-corrected chi connectivity index (χ4v) is 3.67. The highest BCUT2D eigenvalue weighted by molar-refractivity contribution is 5.54. The highest BCUT2D eigenvalue weighted by Crippen LogP contribution is 2.23. The van der Waals surface area contributed by atoms with Crippen LogP contribution in [-0.4, -0.2) is 37.5 Å². The van der Waals surface area contributed by atoms with Crippen molar-refractivity contribution in [2.75, 3.05) is 26.3 Å². The van der Waals surface area contributed by atoms with Gasteiger partial charge in [-0.3, -0.25) is 4.84 Å². The van der Waals surface area contributed by atoms with Crippen molar-refractivity contribution in [3.8, 4) is 5.75 Å². The van der Waals surface area contributed by atoms with Gasteiger partial charge in [0.25, 0.3) is 0 Å². The molecular weight excluding hydrogens is 350 g/mol. The Kier molecular flexibility index (Phi) is 6.77. The van der Waals surface area contributed by atoms with E-state index in [1.807, 2.05) is 18.2 Å². The zero-order chi connectivity index (χ0) is 19.0. The van der Waals surface area contributed by atoms with Gasteiger partial charge < -0.3 is 9.47 Å². The van der Waals surface area contributed by atoms with Crippen LogP contribution < -0.4 is 4.74 Å². The molecule has 2 saturated heterocycles. The summed E-state index contributed by atoms with van der Waals surface area (Å²) >= 11 is 0. The van der Waals surface area contributed by atoms with Gasteiger partial charge in [-0.05, 0) is 48.9 Å². The van der Waals surface area contributed by atoms with Crippen molar-refractivity contribution < 1.29 is 14.3 Å². The SMILES string of the molecule is C(=C1CCN(OC2CCCOC2)CC1)c1ccc(OCc2ccccc2)cc1. The number of hydrogen-bond donors (Lipinski definition) is 0. The zero-order valence-electron chi connectivity index (χ0n) is 16.4. The number of piperidine rings is 1. The van der Waals surface area contributed by atoms with Crippen LogP contribution in [0.3, 0.4) is 0 Å². The van der Waals surface area contributed by atoms with Crippen LogP contribution in [0.5, 0.6) is 5.75 Å². The second-order valence-corrected chi connectivity index (χ2v) is 7.52. The molecule has 1 unspecified atom stereocenters. The zero-order valence-corrected chi connectivity index (χ0v) is 16.4. The molecule has 0 aromatic heterocycles. The van der Waals surface area contributed by atoms with Crippen molar-refractivity contribution in [3.05, 3.63) is 71.3 Å². The summed E-state index contributed by atoms with van der Waals surface area (Å²) < 4.78 is 11.4. The summed E-state index contributed by atoms with van der Waals surface area (Å²) in [6, 6.07) is 18.6. The Balaban J connectivity index is 1.24. The topological polar surface area (TPSA) is 30.9 Å². The van der Waals surface area contributed by atoms with Crippen molar-refractivity contribution in [1.29, 1.82) is 0 Å². The number of rotatable bonds is 6. The highest BCUT2D eigenvalue weighted by Gasteiger charge is 2.21. The van der Waals surface area contributed by atoms with Gasteiger partial charge in [-0.25, -0.2) is 0 Å². The molecule has 0 N–H and O–H groups in total. The highest BCUT2D eigenvalue weighted by atomic mass is 16.7. The monoisotopic (exact) mass is 379 g/mol. The average Bonchev–Trinajstić information content (AvgIpc) is 2.76. The molecule has 4 rings (SSSR count). The predicted octanol–water partition coefficient (Wildman–Crippen LogP) is 4.86. The van der Waals surface area contributed by atoms with Gasteiger partial charge in [0.2, 0.25) is 0 Å². The molecule has 0 amide bonds. The van der Waals surface area contributed by atoms with Crippen LogP contribution >= 0.6 is 0 Å². The molecule has 0 radical (unpaired) electrons. The number of nitrogens with zero attached hydrogens (tertiary/aromatic N) is 1. The lowest BCUT2D eigenvalue weighted by Gasteiger charge is -2.32. The molecule has 2 heterocycles. The van der Waals surface area contributed by atoms with E-state index in [-0.39, 0.29) is 6.10 Å². The largest absolute Gasteiger partial charge is 0.489 e. The molecule has 2 fully saturated rings. The third-order valence-electron chi connectivity index (χ3n) is 5.28. The molecule has 0 saturated carbocycles. The normalized spacial score (nSPS) is 20.7. The molecule has 28 heavy (non-hydrogen) atoms. The Hall–Kier alpha value is -2.14. The third-order valence-corrected chi connectivity index (χ3v) is 5.28. The summed E-state index contributed by atoms with van der Waals surface area (Å²) in [4.78, 5) is 6.07. The summed E-state index contributed by atoms with van der Waals surface area (Å²) in [5.41, 5.74) is 3.90. The lowest BCUT2D eigenvalue weighted by atomic mass is 10.0. The standard InChI is InChI=1S/C24H29NO3/c1-2-5-22(6-3-1)18-27-23-10-8-20(9-11-23)17-21-12-14-25(15-13-21)28-24-7-4-16-26-19-24/h1-3,5-6,8-11,17,24H,4,7,12-16,18-19H2. The molecule has 0 aliphatic carbocycles. The average molecular weight is 380 g/mol. The maximum absolute atomic E-state index is 6.07. The molecule has 148 valence electrons. The Morgan fingerprint density at radius 3 is 2.50 bits per heavy atom. The van der Waals surface area contributed by atoms with E-state index >= 15 is 0 Å². The first-order chi connectivity index (χ1) is 13.8. The molecule has 4 heteroatoms. The van der Waals surface area contributed by atoms with Gasteiger partial charge in [0.15, 0.2) is 0 Å². The van der Waals surface area contributed by atoms with Crippen LogP contribution in [-0.2, 0) is 16.2 Å². The number of benzene rings is 2. The third kappa shape index (κ3) is 5.68. The second kappa shape index (κ2) is 9.87. The van der Waals surface area contributed by atoms with Crippen LogP contribution in [0.25, 0.3) is 6.08 Å². The van der Waals surface area contributed by atoms with Gasteiger partial charge in [0, 0.05) is 19.7 Å². The lowest BCUT2D eigenvalue weighted by Crippen LogP contribution is -2.38. The molecular formula is C24H29NO3. The molecule has 2 aliphatic heterocycles. The molecule has 2 aromatic rings. The minimum absolute atomic E-state index is 0.239. The van der Waals surface area contributed by atoms with E-state index in [0.29, 0.717) is 6.61 Å². The first-order valence-electron chi connectivity index (χ1n) is 10.3. The van der Waals surface area contributed by atoms with Gasteiger partial charge in [0.1, 0.15) is 18.5 Å². The van der Waals surface area contributed by atoms with E-state index in [2.05, 4.69) is 47.5 Å². The molecule has 4 nitrogen and oxygen atoms in total. The second-order valence-electron chi connectivity index (χ2n) is 7.52. The molecule has 2 aliphatic rings. The van der Waals surface area contributed by atoms with E-state index < -0.39 is 0 Å². The Morgan fingerprint density at radius 2 is 1.79 bits per heavy atom. The summed E-state index contributed by atoms with van der Waals surface area (Å²) in [5, 5.41) is 2.12. The Labute approximate surface area is 167 Å². The minimum Gasteiger partial charge on any atom is -0.489 e. The maximum Gasteiger partial charge on any atom is 0.119 e. The molecule has 0 spiro atoms. The Bertz CT molecular complexity index is 741. The fraction of sp³-hybridized carbons (Fsp3) is 0.417. The first-order valence-corrected chi connectivity index (χ1v) is 10.3. The summed E-state index contributed by atoms with van der Waals surface area (Å²) in [7, 11) is 0. The van der Waals surface area contributed by atoms with E-state index in [9.17, 15) is 0 Å². The van der Waals surface area contributed by atoms with E-state index in [1.165, 1.54) is 16.7 Å². The van der Waals surface area contributed by atoms with E-state index in [4.69, 9.17) is 14.3 Å². The van der Waals surface area contributed by atoms with Crippen molar-refractivity contribution in [3.63, 3.8) is 0 Å². The van der Waals surface area contributed by atoms with Crippen molar-refractivity contribution >= 4 is 6.08 Å². The molecule has 1 atom stereocenters. The van der Waals surface area contributed by atoms with Crippen LogP contribution in [0.1, 0.15) is 36.8 Å². The number of ether oxygens (including phenoxy) is 2. The van der Waals surface area contributed by atoms with Crippen LogP contribution in [0.15, 0.2) is 60.2 Å². The van der Waals surface area contributed by atoms with Crippen molar-refractivity contribution in [1.82, 2.24) is 5.06 Å². The van der Waals surface area contributed by atoms with Crippen LogP contribution in [0.4, 0.5) is 0 Å². The Morgan fingerprint density at radius 1 is 1.00 bits per heavy atom. The summed E-state index contributed by atoms with van der Waals surface area (Å²) in [5.74, 6) is 0.906. The molecule has 2 aromatic carbocycles. The number of hydroxylamine groups is 2. The minimum atomic E-state index is 0.239. The summed E-state index contributed by atoms with van der Waals surface area (Å²) in [6.07, 6.45) is 6.87. The van der Waals surface area contributed by atoms with Gasteiger partial charge >= 0.3 is 0 Å². The van der Waals surface area contributed by atoms with Gasteiger partial charge in [0.05, 0.1) is 6.61 Å².